The maximum Gasteiger partial charge on any atom is 0.147 e. The molecule has 0 saturated carbocycles. The second-order valence-corrected chi connectivity index (χ2v) is 4.07. The van der Waals surface area contributed by atoms with Crippen LogP contribution in [0, 0.1) is 0 Å². The molecule has 0 radical (unpaired) electrons. The van der Waals surface area contributed by atoms with Crippen molar-refractivity contribution >= 4 is 27.4 Å². The maximum atomic E-state index is 4.21. The lowest BCUT2D eigenvalue weighted by molar-refractivity contribution is 0.891. The van der Waals surface area contributed by atoms with E-state index in [2.05, 4.69) is 29.1 Å². The Bertz CT molecular complexity index is 408. The van der Waals surface area contributed by atoms with Crippen LogP contribution in [0.15, 0.2) is 17.8 Å². The zero-order valence-corrected chi connectivity index (χ0v) is 8.43. The van der Waals surface area contributed by atoms with E-state index in [1.165, 1.54) is 0 Å². The highest BCUT2D eigenvalue weighted by Crippen LogP contribution is 2.24. The van der Waals surface area contributed by atoms with Crippen LogP contribution in [0.3, 0.4) is 0 Å². The van der Waals surface area contributed by atoms with E-state index in [1.807, 2.05) is 11.4 Å². The minimum absolute atomic E-state index is 0.403. The van der Waals surface area contributed by atoms with E-state index in [0.29, 0.717) is 6.04 Å². The molecule has 1 N–H and O–H groups in total. The Balaban J connectivity index is 2.48. The molecule has 0 amide bonds. The van der Waals surface area contributed by atoms with Crippen LogP contribution in [0.4, 0.5) is 5.82 Å². The number of anilines is 1. The van der Waals surface area contributed by atoms with Gasteiger partial charge >= 0.3 is 0 Å². The fourth-order valence-corrected chi connectivity index (χ4v) is 1.96. The fraction of sp³-hybridized carbons (Fsp3) is 0.333. The van der Waals surface area contributed by atoms with E-state index >= 15 is 0 Å². The zero-order chi connectivity index (χ0) is 9.26. The molecule has 68 valence electrons. The minimum atomic E-state index is 0.403. The molecule has 0 spiro atoms. The van der Waals surface area contributed by atoms with Crippen LogP contribution in [0.25, 0.3) is 10.2 Å². The van der Waals surface area contributed by atoms with Crippen molar-refractivity contribution in [3.63, 3.8) is 0 Å². The molecule has 0 fully saturated rings. The molecule has 0 aliphatic carbocycles. The molecule has 0 saturated heterocycles. The highest BCUT2D eigenvalue weighted by atomic mass is 32.1. The molecule has 2 rings (SSSR count). The van der Waals surface area contributed by atoms with E-state index in [-0.39, 0.29) is 0 Å². The standard InChI is InChI=1S/C9H11N3S/c1-6(2)12-9-8-7(3-4-13-8)10-5-11-9/h3-6H,1-2H3,(H,10,11,12). The summed E-state index contributed by atoms with van der Waals surface area (Å²) in [5, 5.41) is 5.33. The van der Waals surface area contributed by atoms with Crippen molar-refractivity contribution in [2.75, 3.05) is 5.32 Å². The van der Waals surface area contributed by atoms with Gasteiger partial charge in [0.2, 0.25) is 0 Å². The van der Waals surface area contributed by atoms with Crippen molar-refractivity contribution in [3.05, 3.63) is 17.8 Å². The Hall–Kier alpha value is -1.16. The average Bonchev–Trinajstić information content (AvgIpc) is 2.51. The van der Waals surface area contributed by atoms with Gasteiger partial charge < -0.3 is 5.32 Å². The number of hydrogen-bond acceptors (Lipinski definition) is 4. The number of nitrogens with zero attached hydrogens (tertiary/aromatic N) is 2. The second-order valence-electron chi connectivity index (χ2n) is 3.16. The summed E-state index contributed by atoms with van der Waals surface area (Å²) in [5.74, 6) is 0.940. The average molecular weight is 193 g/mol. The van der Waals surface area contributed by atoms with Gasteiger partial charge in [-0.25, -0.2) is 9.97 Å². The summed E-state index contributed by atoms with van der Waals surface area (Å²) in [6.07, 6.45) is 1.60. The van der Waals surface area contributed by atoms with E-state index < -0.39 is 0 Å². The van der Waals surface area contributed by atoms with Gasteiger partial charge in [0, 0.05) is 6.04 Å². The number of rotatable bonds is 2. The summed E-state index contributed by atoms with van der Waals surface area (Å²) >= 11 is 1.67. The van der Waals surface area contributed by atoms with Gasteiger partial charge in [-0.3, -0.25) is 0 Å². The van der Waals surface area contributed by atoms with Crippen LogP contribution in [0.2, 0.25) is 0 Å². The number of nitrogens with one attached hydrogen (secondary N) is 1. The largest absolute Gasteiger partial charge is 0.367 e. The van der Waals surface area contributed by atoms with E-state index in [1.54, 1.807) is 17.7 Å². The van der Waals surface area contributed by atoms with Gasteiger partial charge in [-0.15, -0.1) is 11.3 Å². The second kappa shape index (κ2) is 3.30. The topological polar surface area (TPSA) is 37.8 Å². The Morgan fingerprint density at radius 3 is 3.00 bits per heavy atom. The molecule has 2 heterocycles. The smallest absolute Gasteiger partial charge is 0.147 e. The van der Waals surface area contributed by atoms with Gasteiger partial charge in [-0.1, -0.05) is 0 Å². The summed E-state index contributed by atoms with van der Waals surface area (Å²) in [5.41, 5.74) is 1.02. The number of thiophene rings is 1. The summed E-state index contributed by atoms with van der Waals surface area (Å²) in [6.45, 7) is 4.20. The first-order valence-electron chi connectivity index (χ1n) is 4.22. The van der Waals surface area contributed by atoms with Crippen LogP contribution >= 0.6 is 11.3 Å². The molecule has 0 aromatic carbocycles. The van der Waals surface area contributed by atoms with Gasteiger partial charge in [0.15, 0.2) is 0 Å². The zero-order valence-electron chi connectivity index (χ0n) is 7.61. The molecular weight excluding hydrogens is 182 g/mol. The lowest BCUT2D eigenvalue weighted by Crippen LogP contribution is -2.10. The predicted molar refractivity (Wildman–Crippen MR) is 56.2 cm³/mol. The minimum Gasteiger partial charge on any atom is -0.367 e. The molecule has 0 aliphatic heterocycles. The Morgan fingerprint density at radius 1 is 1.38 bits per heavy atom. The first kappa shape index (κ1) is 8.44. The van der Waals surface area contributed by atoms with Crippen LogP contribution in [0.1, 0.15) is 13.8 Å². The Morgan fingerprint density at radius 2 is 2.23 bits per heavy atom. The molecule has 2 aromatic heterocycles. The summed E-state index contributed by atoms with van der Waals surface area (Å²) in [6, 6.07) is 2.41. The molecule has 3 nitrogen and oxygen atoms in total. The molecule has 2 aromatic rings. The van der Waals surface area contributed by atoms with Gasteiger partial charge in [0.1, 0.15) is 12.1 Å². The van der Waals surface area contributed by atoms with Crippen molar-refractivity contribution in [2.45, 2.75) is 19.9 Å². The lowest BCUT2D eigenvalue weighted by Gasteiger charge is -2.08. The van der Waals surface area contributed by atoms with Crippen molar-refractivity contribution in [2.24, 2.45) is 0 Å². The molecule has 13 heavy (non-hydrogen) atoms. The van der Waals surface area contributed by atoms with Gasteiger partial charge in [-0.05, 0) is 25.3 Å². The number of hydrogen-bond donors (Lipinski definition) is 1. The van der Waals surface area contributed by atoms with E-state index in [9.17, 15) is 0 Å². The normalized spacial score (nSPS) is 11.0. The first-order chi connectivity index (χ1) is 6.27. The highest BCUT2D eigenvalue weighted by Gasteiger charge is 2.04. The van der Waals surface area contributed by atoms with Crippen molar-refractivity contribution in [1.82, 2.24) is 9.97 Å². The monoisotopic (exact) mass is 193 g/mol. The van der Waals surface area contributed by atoms with Crippen molar-refractivity contribution in [3.8, 4) is 0 Å². The third-order valence-electron chi connectivity index (χ3n) is 1.67. The van der Waals surface area contributed by atoms with Gasteiger partial charge in [-0.2, -0.15) is 0 Å². The number of fused-ring (bicyclic) bond motifs is 1. The van der Waals surface area contributed by atoms with E-state index in [4.69, 9.17) is 0 Å². The Kier molecular flexibility index (Phi) is 2.14. The number of aromatic nitrogens is 2. The Labute approximate surface area is 80.8 Å². The van der Waals surface area contributed by atoms with Gasteiger partial charge in [0.05, 0.1) is 10.2 Å². The van der Waals surface area contributed by atoms with Crippen LogP contribution in [-0.4, -0.2) is 16.0 Å². The lowest BCUT2D eigenvalue weighted by atomic mass is 10.4. The molecule has 0 aliphatic rings. The SMILES string of the molecule is CC(C)Nc1ncnc2ccsc12. The van der Waals surface area contributed by atoms with Crippen LogP contribution in [-0.2, 0) is 0 Å². The molecule has 0 unspecified atom stereocenters. The van der Waals surface area contributed by atoms with E-state index in [0.717, 1.165) is 16.0 Å². The first-order valence-corrected chi connectivity index (χ1v) is 5.10. The van der Waals surface area contributed by atoms with Gasteiger partial charge in [0.25, 0.3) is 0 Å². The predicted octanol–water partition coefficient (Wildman–Crippen LogP) is 2.51. The quantitative estimate of drug-likeness (QED) is 0.796. The highest BCUT2D eigenvalue weighted by molar-refractivity contribution is 7.17. The van der Waals surface area contributed by atoms with Crippen LogP contribution in [0.5, 0.6) is 0 Å². The molecular formula is C9H11N3S. The van der Waals surface area contributed by atoms with Crippen LogP contribution < -0.4 is 5.32 Å². The summed E-state index contributed by atoms with van der Waals surface area (Å²) < 4.78 is 1.14. The summed E-state index contributed by atoms with van der Waals surface area (Å²) in [7, 11) is 0. The maximum absolute atomic E-state index is 4.21. The summed E-state index contributed by atoms with van der Waals surface area (Å²) in [4.78, 5) is 8.38. The molecule has 0 bridgehead atoms. The third kappa shape index (κ3) is 1.62. The van der Waals surface area contributed by atoms with Crippen molar-refractivity contribution < 1.29 is 0 Å². The fourth-order valence-electron chi connectivity index (χ4n) is 1.17. The van der Waals surface area contributed by atoms with Crippen molar-refractivity contribution in [1.29, 1.82) is 0 Å². The third-order valence-corrected chi connectivity index (χ3v) is 2.58. The molecule has 4 heteroatoms. The molecule has 0 atom stereocenters.